The second kappa shape index (κ2) is 9.66. The summed E-state index contributed by atoms with van der Waals surface area (Å²) in [5.74, 6) is 0.644. The van der Waals surface area contributed by atoms with Crippen LogP contribution in [0.5, 0.6) is 5.75 Å². The number of ether oxygens (including phenoxy) is 3. The number of rotatable bonds is 9. The van der Waals surface area contributed by atoms with Crippen LogP contribution in [0.1, 0.15) is 29.8 Å². The number of hydrogen-bond donors (Lipinski definition) is 1. The predicted molar refractivity (Wildman–Crippen MR) is 101 cm³/mol. The van der Waals surface area contributed by atoms with Crippen molar-refractivity contribution in [2.24, 2.45) is 0 Å². The molecule has 26 heavy (non-hydrogen) atoms. The van der Waals surface area contributed by atoms with Crippen LogP contribution in [0.3, 0.4) is 0 Å². The lowest BCUT2D eigenvalue weighted by Gasteiger charge is -2.10. The Morgan fingerprint density at radius 3 is 2.96 bits per heavy atom. The van der Waals surface area contributed by atoms with E-state index in [9.17, 15) is 4.79 Å². The smallest absolute Gasteiger partial charge is 0.270 e. The fraction of sp³-hybridized carbons (Fsp3) is 0.474. The minimum absolute atomic E-state index is 0.153. The topological polar surface area (TPSA) is 69.7 Å². The van der Waals surface area contributed by atoms with Crippen molar-refractivity contribution in [1.82, 2.24) is 10.3 Å². The number of benzene rings is 1. The Kier molecular flexibility index (Phi) is 6.99. The molecule has 1 N–H and O–H groups in total. The van der Waals surface area contributed by atoms with E-state index in [2.05, 4.69) is 10.3 Å². The van der Waals surface area contributed by atoms with Crippen molar-refractivity contribution < 1.29 is 19.0 Å². The number of hydrogen-bond acceptors (Lipinski definition) is 6. The normalized spacial score (nSPS) is 16.6. The molecule has 0 bridgehead atoms. The minimum Gasteiger partial charge on any atom is -0.497 e. The van der Waals surface area contributed by atoms with Gasteiger partial charge in [0.25, 0.3) is 5.91 Å². The second-order valence-corrected chi connectivity index (χ2v) is 6.94. The van der Waals surface area contributed by atoms with E-state index < -0.39 is 0 Å². The van der Waals surface area contributed by atoms with Crippen LogP contribution in [-0.4, -0.2) is 50.5 Å². The molecule has 7 heteroatoms. The molecule has 0 aliphatic carbocycles. The number of nitrogens with one attached hydrogen (secondary N) is 1. The zero-order valence-electron chi connectivity index (χ0n) is 14.9. The molecule has 2 aromatic rings. The van der Waals surface area contributed by atoms with Crippen LogP contribution >= 0.6 is 11.3 Å². The number of nitrogens with zero attached hydrogens (tertiary/aromatic N) is 1. The molecule has 6 nitrogen and oxygen atoms in total. The number of thiazole rings is 1. The maximum atomic E-state index is 12.2. The molecule has 1 aliphatic heterocycles. The van der Waals surface area contributed by atoms with Crippen LogP contribution < -0.4 is 10.1 Å². The molecule has 2 heterocycles. The first-order valence-corrected chi connectivity index (χ1v) is 9.72. The van der Waals surface area contributed by atoms with Crippen LogP contribution in [-0.2, 0) is 9.47 Å². The van der Waals surface area contributed by atoms with Gasteiger partial charge in [0.1, 0.15) is 16.5 Å². The maximum absolute atomic E-state index is 12.2. The number of amides is 1. The van der Waals surface area contributed by atoms with Gasteiger partial charge in [0.05, 0.1) is 19.8 Å². The van der Waals surface area contributed by atoms with E-state index in [1.807, 2.05) is 24.3 Å². The summed E-state index contributed by atoms with van der Waals surface area (Å²) in [5.41, 5.74) is 1.42. The van der Waals surface area contributed by atoms with Crippen molar-refractivity contribution in [3.8, 4) is 16.3 Å². The predicted octanol–water partition coefficient (Wildman–Crippen LogP) is 3.13. The summed E-state index contributed by atoms with van der Waals surface area (Å²) in [6, 6.07) is 7.63. The number of methoxy groups -OCH3 is 1. The van der Waals surface area contributed by atoms with Crippen molar-refractivity contribution in [3.63, 3.8) is 0 Å². The molecule has 1 aliphatic rings. The van der Waals surface area contributed by atoms with Gasteiger partial charge in [-0.15, -0.1) is 11.3 Å². The van der Waals surface area contributed by atoms with Crippen LogP contribution in [0.2, 0.25) is 0 Å². The van der Waals surface area contributed by atoms with Crippen LogP contribution in [0.4, 0.5) is 0 Å². The fourth-order valence-electron chi connectivity index (χ4n) is 2.70. The van der Waals surface area contributed by atoms with E-state index in [1.165, 1.54) is 11.3 Å². The lowest BCUT2D eigenvalue weighted by atomic mass is 10.2. The van der Waals surface area contributed by atoms with Gasteiger partial charge in [-0.25, -0.2) is 4.98 Å². The molecule has 0 radical (unpaired) electrons. The van der Waals surface area contributed by atoms with E-state index in [0.29, 0.717) is 25.5 Å². The quantitative estimate of drug-likeness (QED) is 0.681. The highest BCUT2D eigenvalue weighted by molar-refractivity contribution is 7.13. The Bertz CT molecular complexity index is 696. The summed E-state index contributed by atoms with van der Waals surface area (Å²) < 4.78 is 16.2. The Morgan fingerprint density at radius 2 is 2.23 bits per heavy atom. The van der Waals surface area contributed by atoms with E-state index >= 15 is 0 Å². The SMILES string of the molecule is COc1ccc(-c2nc(C(=O)NCCCOCC3CCCO3)cs2)cc1. The molecule has 1 fully saturated rings. The Labute approximate surface area is 157 Å². The molecule has 1 saturated heterocycles. The summed E-state index contributed by atoms with van der Waals surface area (Å²) >= 11 is 1.45. The van der Waals surface area contributed by atoms with Crippen molar-refractivity contribution in [2.45, 2.75) is 25.4 Å². The third-order valence-corrected chi connectivity index (χ3v) is 5.04. The summed E-state index contributed by atoms with van der Waals surface area (Å²) in [4.78, 5) is 16.6. The lowest BCUT2D eigenvalue weighted by Crippen LogP contribution is -2.26. The van der Waals surface area contributed by atoms with Crippen molar-refractivity contribution in [2.75, 3.05) is 33.5 Å². The van der Waals surface area contributed by atoms with Gasteiger partial charge in [-0.05, 0) is 43.5 Å². The Balaban J connectivity index is 1.38. The van der Waals surface area contributed by atoms with E-state index in [1.54, 1.807) is 12.5 Å². The van der Waals surface area contributed by atoms with Gasteiger partial charge in [-0.3, -0.25) is 4.79 Å². The van der Waals surface area contributed by atoms with Gasteiger partial charge in [0.2, 0.25) is 0 Å². The molecule has 1 amide bonds. The Hall–Kier alpha value is -1.96. The zero-order chi connectivity index (χ0) is 18.2. The molecular formula is C19H24N2O4S. The van der Waals surface area contributed by atoms with Crippen molar-refractivity contribution >= 4 is 17.2 Å². The first kappa shape index (κ1) is 18.8. The minimum atomic E-state index is -0.153. The van der Waals surface area contributed by atoms with Gasteiger partial charge >= 0.3 is 0 Å². The van der Waals surface area contributed by atoms with Crippen molar-refractivity contribution in [1.29, 1.82) is 0 Å². The van der Waals surface area contributed by atoms with Gasteiger partial charge in [-0.2, -0.15) is 0 Å². The standard InChI is InChI=1S/C19H24N2O4S/c1-23-15-7-5-14(6-8-15)19-21-17(13-26-19)18(22)20-9-3-10-24-12-16-4-2-11-25-16/h5-8,13,16H,2-4,9-12H2,1H3,(H,20,22). The highest BCUT2D eigenvalue weighted by Gasteiger charge is 2.15. The molecule has 140 valence electrons. The number of carbonyl (C=O) groups is 1. The molecule has 1 atom stereocenters. The van der Waals surface area contributed by atoms with Gasteiger partial charge in [-0.1, -0.05) is 0 Å². The molecule has 3 rings (SSSR count). The van der Waals surface area contributed by atoms with Gasteiger partial charge < -0.3 is 19.5 Å². The first-order valence-electron chi connectivity index (χ1n) is 8.84. The maximum Gasteiger partial charge on any atom is 0.270 e. The summed E-state index contributed by atoms with van der Waals surface area (Å²) in [6.45, 7) is 2.68. The van der Waals surface area contributed by atoms with E-state index in [-0.39, 0.29) is 12.0 Å². The van der Waals surface area contributed by atoms with Gasteiger partial charge in [0.15, 0.2) is 0 Å². The average Bonchev–Trinajstić information content (AvgIpc) is 3.36. The summed E-state index contributed by atoms with van der Waals surface area (Å²) in [5, 5.41) is 5.48. The highest BCUT2D eigenvalue weighted by atomic mass is 32.1. The first-order chi connectivity index (χ1) is 12.8. The fourth-order valence-corrected chi connectivity index (χ4v) is 3.51. The van der Waals surface area contributed by atoms with Crippen LogP contribution in [0.25, 0.3) is 10.6 Å². The second-order valence-electron chi connectivity index (χ2n) is 6.09. The molecule has 1 aromatic carbocycles. The molecule has 0 spiro atoms. The number of aromatic nitrogens is 1. The number of carbonyl (C=O) groups excluding carboxylic acids is 1. The summed E-state index contributed by atoms with van der Waals surface area (Å²) in [7, 11) is 1.63. The van der Waals surface area contributed by atoms with Crippen LogP contribution in [0.15, 0.2) is 29.6 Å². The van der Waals surface area contributed by atoms with E-state index in [0.717, 1.165) is 42.2 Å². The molecule has 1 aromatic heterocycles. The van der Waals surface area contributed by atoms with Crippen LogP contribution in [0, 0.1) is 0 Å². The molecular weight excluding hydrogens is 352 g/mol. The molecule has 0 saturated carbocycles. The average molecular weight is 376 g/mol. The third-order valence-electron chi connectivity index (χ3n) is 4.15. The lowest BCUT2D eigenvalue weighted by molar-refractivity contribution is 0.0166. The highest BCUT2D eigenvalue weighted by Crippen LogP contribution is 2.25. The zero-order valence-corrected chi connectivity index (χ0v) is 15.7. The Morgan fingerprint density at radius 1 is 1.38 bits per heavy atom. The van der Waals surface area contributed by atoms with Gasteiger partial charge in [0, 0.05) is 30.7 Å². The van der Waals surface area contributed by atoms with E-state index in [4.69, 9.17) is 14.2 Å². The third kappa shape index (κ3) is 5.27. The van der Waals surface area contributed by atoms with Crippen molar-refractivity contribution in [3.05, 3.63) is 35.3 Å². The summed E-state index contributed by atoms with van der Waals surface area (Å²) in [6.07, 6.45) is 3.22. The largest absolute Gasteiger partial charge is 0.497 e. The monoisotopic (exact) mass is 376 g/mol. The molecule has 1 unspecified atom stereocenters.